The number of benzene rings is 1. The molecule has 1 aliphatic rings. The van der Waals surface area contributed by atoms with E-state index in [0.29, 0.717) is 12.7 Å². The van der Waals surface area contributed by atoms with Crippen molar-refractivity contribution in [3.8, 4) is 0 Å². The van der Waals surface area contributed by atoms with Gasteiger partial charge in [-0.05, 0) is 5.56 Å². The van der Waals surface area contributed by atoms with E-state index in [9.17, 15) is 0 Å². The molecule has 1 aromatic carbocycles. The van der Waals surface area contributed by atoms with Gasteiger partial charge in [0, 0.05) is 13.1 Å². The molecule has 1 saturated heterocycles. The van der Waals surface area contributed by atoms with Gasteiger partial charge in [0.05, 0.1) is 12.7 Å². The SMILES string of the molecule is [B]c1cccc(COC2CNC2)c1. The lowest BCUT2D eigenvalue weighted by Gasteiger charge is -2.27. The van der Waals surface area contributed by atoms with Crippen LogP contribution in [0.1, 0.15) is 5.56 Å². The lowest BCUT2D eigenvalue weighted by atomic mass is 9.95. The summed E-state index contributed by atoms with van der Waals surface area (Å²) < 4.78 is 5.60. The van der Waals surface area contributed by atoms with E-state index in [2.05, 4.69) is 5.32 Å². The third-order valence-corrected chi connectivity index (χ3v) is 2.18. The quantitative estimate of drug-likeness (QED) is 0.648. The van der Waals surface area contributed by atoms with Crippen molar-refractivity contribution in [3.05, 3.63) is 29.8 Å². The number of rotatable bonds is 3. The van der Waals surface area contributed by atoms with Crippen LogP contribution in [0.5, 0.6) is 0 Å². The average molecular weight is 173 g/mol. The smallest absolute Gasteiger partial charge is 0.113 e. The Labute approximate surface area is 79.7 Å². The molecule has 0 spiro atoms. The van der Waals surface area contributed by atoms with Gasteiger partial charge < -0.3 is 10.1 Å². The predicted molar refractivity (Wildman–Crippen MR) is 53.3 cm³/mol. The van der Waals surface area contributed by atoms with Gasteiger partial charge in [-0.25, -0.2) is 0 Å². The van der Waals surface area contributed by atoms with Crippen molar-refractivity contribution in [1.82, 2.24) is 5.32 Å². The number of hydrogen-bond donors (Lipinski definition) is 1. The monoisotopic (exact) mass is 173 g/mol. The van der Waals surface area contributed by atoms with Crippen LogP contribution in [0.4, 0.5) is 0 Å². The summed E-state index contributed by atoms with van der Waals surface area (Å²) in [5, 5.41) is 3.16. The van der Waals surface area contributed by atoms with Gasteiger partial charge in [-0.3, -0.25) is 0 Å². The van der Waals surface area contributed by atoms with Crippen LogP contribution in [0, 0.1) is 0 Å². The van der Waals surface area contributed by atoms with Crippen LogP contribution in [-0.4, -0.2) is 27.0 Å². The third kappa shape index (κ3) is 2.33. The van der Waals surface area contributed by atoms with Crippen LogP contribution in [0.25, 0.3) is 0 Å². The zero-order chi connectivity index (χ0) is 9.10. The topological polar surface area (TPSA) is 21.3 Å². The highest BCUT2D eigenvalue weighted by atomic mass is 16.5. The summed E-state index contributed by atoms with van der Waals surface area (Å²) in [6.07, 6.45) is 0.390. The molecule has 66 valence electrons. The molecular weight excluding hydrogens is 161 g/mol. The largest absolute Gasteiger partial charge is 0.371 e. The first-order chi connectivity index (χ1) is 6.34. The Morgan fingerprint density at radius 2 is 2.31 bits per heavy atom. The fourth-order valence-corrected chi connectivity index (χ4v) is 1.28. The molecule has 2 radical (unpaired) electrons. The molecule has 1 aliphatic heterocycles. The Hall–Kier alpha value is -0.795. The maximum Gasteiger partial charge on any atom is 0.113 e. The summed E-state index contributed by atoms with van der Waals surface area (Å²) in [6.45, 7) is 2.61. The van der Waals surface area contributed by atoms with Gasteiger partial charge in [0.2, 0.25) is 0 Å². The number of hydrogen-bond acceptors (Lipinski definition) is 2. The molecule has 13 heavy (non-hydrogen) atoms. The van der Waals surface area contributed by atoms with Crippen molar-refractivity contribution >= 4 is 13.3 Å². The molecule has 0 bridgehead atoms. The van der Waals surface area contributed by atoms with E-state index < -0.39 is 0 Å². The maximum atomic E-state index is 5.64. The first-order valence-corrected chi connectivity index (χ1v) is 4.51. The van der Waals surface area contributed by atoms with E-state index in [4.69, 9.17) is 12.6 Å². The third-order valence-electron chi connectivity index (χ3n) is 2.18. The summed E-state index contributed by atoms with van der Waals surface area (Å²) in [7, 11) is 5.64. The van der Waals surface area contributed by atoms with E-state index in [0.717, 1.165) is 24.1 Å². The number of ether oxygens (including phenoxy) is 1. The van der Waals surface area contributed by atoms with Crippen molar-refractivity contribution in [2.24, 2.45) is 0 Å². The molecule has 1 heterocycles. The Morgan fingerprint density at radius 1 is 1.46 bits per heavy atom. The Kier molecular flexibility index (Phi) is 2.66. The van der Waals surface area contributed by atoms with Crippen molar-refractivity contribution in [2.45, 2.75) is 12.7 Å². The highest BCUT2D eigenvalue weighted by Crippen LogP contribution is 2.04. The highest BCUT2D eigenvalue weighted by molar-refractivity contribution is 6.32. The van der Waals surface area contributed by atoms with Gasteiger partial charge in [-0.15, -0.1) is 0 Å². The van der Waals surface area contributed by atoms with Crippen molar-refractivity contribution < 1.29 is 4.74 Å². The Morgan fingerprint density at radius 3 is 2.92 bits per heavy atom. The minimum atomic E-state index is 0.390. The minimum Gasteiger partial charge on any atom is -0.371 e. The van der Waals surface area contributed by atoms with Crippen molar-refractivity contribution in [1.29, 1.82) is 0 Å². The van der Waals surface area contributed by atoms with Gasteiger partial charge in [0.1, 0.15) is 7.85 Å². The molecule has 0 unspecified atom stereocenters. The zero-order valence-corrected chi connectivity index (χ0v) is 7.49. The van der Waals surface area contributed by atoms with E-state index in [-0.39, 0.29) is 0 Å². The van der Waals surface area contributed by atoms with Crippen molar-refractivity contribution in [2.75, 3.05) is 13.1 Å². The van der Waals surface area contributed by atoms with Crippen LogP contribution in [0.3, 0.4) is 0 Å². The second-order valence-corrected chi connectivity index (χ2v) is 3.34. The molecule has 0 aromatic heterocycles. The van der Waals surface area contributed by atoms with Crippen LogP contribution < -0.4 is 10.8 Å². The zero-order valence-electron chi connectivity index (χ0n) is 7.49. The standard InChI is InChI=1S/C10H12BNO/c11-9-3-1-2-8(4-9)7-13-10-5-12-6-10/h1-4,10,12H,5-7H2. The molecule has 2 nitrogen and oxygen atoms in total. The Bertz CT molecular complexity index is 286. The molecule has 0 atom stereocenters. The second-order valence-electron chi connectivity index (χ2n) is 3.34. The van der Waals surface area contributed by atoms with Crippen LogP contribution in [0.2, 0.25) is 0 Å². The second kappa shape index (κ2) is 3.94. The van der Waals surface area contributed by atoms with Gasteiger partial charge in [-0.2, -0.15) is 0 Å². The van der Waals surface area contributed by atoms with Gasteiger partial charge in [0.15, 0.2) is 0 Å². The van der Waals surface area contributed by atoms with Gasteiger partial charge in [-0.1, -0.05) is 29.7 Å². The molecule has 1 fully saturated rings. The Balaban J connectivity index is 1.86. The molecule has 1 N–H and O–H groups in total. The molecular formula is C10H12BNO. The van der Waals surface area contributed by atoms with Crippen molar-refractivity contribution in [3.63, 3.8) is 0 Å². The van der Waals surface area contributed by atoms with Crippen LogP contribution >= 0.6 is 0 Å². The normalized spacial score (nSPS) is 16.9. The van der Waals surface area contributed by atoms with E-state index in [1.807, 2.05) is 24.3 Å². The average Bonchev–Trinajstić information content (AvgIpc) is 2.01. The van der Waals surface area contributed by atoms with Gasteiger partial charge in [0.25, 0.3) is 0 Å². The molecule has 1 aromatic rings. The fraction of sp³-hybridized carbons (Fsp3) is 0.400. The molecule has 3 heteroatoms. The van der Waals surface area contributed by atoms with Crippen LogP contribution in [-0.2, 0) is 11.3 Å². The minimum absolute atomic E-state index is 0.390. The fourth-order valence-electron chi connectivity index (χ4n) is 1.28. The van der Waals surface area contributed by atoms with E-state index in [1.54, 1.807) is 0 Å². The molecule has 2 rings (SSSR count). The van der Waals surface area contributed by atoms with Gasteiger partial charge >= 0.3 is 0 Å². The first kappa shape index (κ1) is 8.79. The summed E-state index contributed by atoms with van der Waals surface area (Å²) in [4.78, 5) is 0. The van der Waals surface area contributed by atoms with Crippen LogP contribution in [0.15, 0.2) is 24.3 Å². The molecule has 0 amide bonds. The lowest BCUT2D eigenvalue weighted by molar-refractivity contribution is 0.00761. The maximum absolute atomic E-state index is 5.64. The highest BCUT2D eigenvalue weighted by Gasteiger charge is 2.16. The summed E-state index contributed by atoms with van der Waals surface area (Å²) >= 11 is 0. The summed E-state index contributed by atoms with van der Waals surface area (Å²) in [5.74, 6) is 0. The van der Waals surface area contributed by atoms with E-state index >= 15 is 0 Å². The molecule has 0 saturated carbocycles. The predicted octanol–water partition coefficient (Wildman–Crippen LogP) is -0.0312. The lowest BCUT2D eigenvalue weighted by Crippen LogP contribution is -2.48. The summed E-state index contributed by atoms with van der Waals surface area (Å²) in [5.41, 5.74) is 1.94. The van der Waals surface area contributed by atoms with E-state index in [1.165, 1.54) is 0 Å². The number of nitrogens with one attached hydrogen (secondary N) is 1. The first-order valence-electron chi connectivity index (χ1n) is 4.51. The summed E-state index contributed by atoms with van der Waals surface area (Å²) in [6, 6.07) is 7.82. The molecule has 0 aliphatic carbocycles.